The normalized spacial score (nSPS) is 15.6. The van der Waals surface area contributed by atoms with Gasteiger partial charge in [0.25, 0.3) is 0 Å². The second-order valence-corrected chi connectivity index (χ2v) is 6.75. The van der Waals surface area contributed by atoms with E-state index in [-0.39, 0.29) is 24.0 Å². The Morgan fingerprint density at radius 3 is 2.72 bits per heavy atom. The molecule has 142 valence electrons. The maximum atomic E-state index is 6.21. The van der Waals surface area contributed by atoms with Gasteiger partial charge in [0.1, 0.15) is 0 Å². The van der Waals surface area contributed by atoms with Gasteiger partial charge in [-0.2, -0.15) is 0 Å². The van der Waals surface area contributed by atoms with Crippen molar-refractivity contribution < 1.29 is 4.74 Å². The fourth-order valence-corrected chi connectivity index (χ4v) is 3.20. The zero-order valence-corrected chi connectivity index (χ0v) is 18.4. The van der Waals surface area contributed by atoms with Crippen molar-refractivity contribution in [3.05, 3.63) is 34.9 Å². The Hall–Kier alpha value is -0.530. The Morgan fingerprint density at radius 1 is 1.32 bits per heavy atom. The molecule has 1 aliphatic rings. The second-order valence-electron chi connectivity index (χ2n) is 6.34. The molecular weight excluding hydrogens is 449 g/mol. The van der Waals surface area contributed by atoms with Gasteiger partial charge in [0, 0.05) is 44.9 Å². The lowest BCUT2D eigenvalue weighted by Gasteiger charge is -2.26. The zero-order valence-electron chi connectivity index (χ0n) is 15.3. The van der Waals surface area contributed by atoms with Crippen LogP contribution in [0.5, 0.6) is 0 Å². The van der Waals surface area contributed by atoms with E-state index in [9.17, 15) is 0 Å². The van der Waals surface area contributed by atoms with Crippen LogP contribution in [0, 0.1) is 5.92 Å². The molecule has 1 aromatic carbocycles. The fourth-order valence-electron chi connectivity index (χ4n) is 2.97. The van der Waals surface area contributed by atoms with Gasteiger partial charge in [-0.25, -0.2) is 0 Å². The number of ether oxygens (including phenoxy) is 1. The summed E-state index contributed by atoms with van der Waals surface area (Å²) in [6.07, 6.45) is 4.44. The zero-order chi connectivity index (χ0) is 17.2. The Morgan fingerprint density at radius 2 is 2.04 bits per heavy atom. The Balaban J connectivity index is 0.00000312. The molecule has 0 atom stereocenters. The molecule has 1 aliphatic heterocycles. The maximum Gasteiger partial charge on any atom is 0.193 e. The summed E-state index contributed by atoms with van der Waals surface area (Å²) in [6, 6.07) is 7.99. The third kappa shape index (κ3) is 8.13. The van der Waals surface area contributed by atoms with E-state index in [1.165, 1.54) is 19.3 Å². The molecule has 0 spiro atoms. The van der Waals surface area contributed by atoms with E-state index in [0.717, 1.165) is 61.7 Å². The molecule has 0 aromatic heterocycles. The van der Waals surface area contributed by atoms with Crippen LogP contribution >= 0.6 is 35.6 Å². The summed E-state index contributed by atoms with van der Waals surface area (Å²) >= 11 is 6.21. The molecule has 6 heteroatoms. The van der Waals surface area contributed by atoms with Crippen molar-refractivity contribution in [1.82, 2.24) is 10.2 Å². The molecule has 1 N–H and O–H groups in total. The average Bonchev–Trinajstić information content (AvgIpc) is 2.61. The second kappa shape index (κ2) is 12.8. The highest BCUT2D eigenvalue weighted by molar-refractivity contribution is 14.0. The highest BCUT2D eigenvalue weighted by Crippen LogP contribution is 2.18. The summed E-state index contributed by atoms with van der Waals surface area (Å²) in [5, 5.41) is 4.21. The largest absolute Gasteiger partial charge is 0.381 e. The molecule has 1 saturated heterocycles. The van der Waals surface area contributed by atoms with Crippen LogP contribution in [0.1, 0.15) is 31.7 Å². The van der Waals surface area contributed by atoms with Gasteiger partial charge in [-0.1, -0.05) is 29.8 Å². The molecule has 1 fully saturated rings. The first kappa shape index (κ1) is 22.5. The van der Waals surface area contributed by atoms with Crippen LogP contribution in [0.4, 0.5) is 0 Å². The van der Waals surface area contributed by atoms with E-state index in [0.29, 0.717) is 0 Å². The third-order valence-corrected chi connectivity index (χ3v) is 4.88. The van der Waals surface area contributed by atoms with E-state index in [1.54, 1.807) is 0 Å². The summed E-state index contributed by atoms with van der Waals surface area (Å²) < 4.78 is 5.44. The molecule has 0 radical (unpaired) electrons. The fraction of sp³-hybridized carbons (Fsp3) is 0.632. The van der Waals surface area contributed by atoms with Gasteiger partial charge in [0.15, 0.2) is 5.96 Å². The Kier molecular flexibility index (Phi) is 11.5. The number of halogens is 2. The molecule has 0 unspecified atom stereocenters. The highest BCUT2D eigenvalue weighted by Gasteiger charge is 2.15. The summed E-state index contributed by atoms with van der Waals surface area (Å²) in [6.45, 7) is 6.60. The van der Waals surface area contributed by atoms with E-state index in [4.69, 9.17) is 21.3 Å². The Labute approximate surface area is 174 Å². The molecule has 1 aromatic rings. The molecule has 0 aliphatic carbocycles. The number of benzene rings is 1. The topological polar surface area (TPSA) is 36.9 Å². The third-order valence-electron chi connectivity index (χ3n) is 4.51. The first-order valence-corrected chi connectivity index (χ1v) is 9.39. The van der Waals surface area contributed by atoms with Gasteiger partial charge in [-0.15, -0.1) is 24.0 Å². The van der Waals surface area contributed by atoms with Crippen molar-refractivity contribution in [3.8, 4) is 0 Å². The Bertz CT molecular complexity index is 521. The number of hydrogen-bond acceptors (Lipinski definition) is 2. The SMILES string of the molecule is CCNC(=NCCc1ccccc1Cl)N(C)CCC1CCOCC1.I. The number of aliphatic imine (C=N–C) groups is 1. The van der Waals surface area contributed by atoms with Crippen molar-refractivity contribution in [1.29, 1.82) is 0 Å². The lowest BCUT2D eigenvalue weighted by Crippen LogP contribution is -2.40. The minimum atomic E-state index is 0. The van der Waals surface area contributed by atoms with E-state index in [2.05, 4.69) is 30.3 Å². The molecule has 0 amide bonds. The number of rotatable bonds is 7. The van der Waals surface area contributed by atoms with Crippen LogP contribution in [0.2, 0.25) is 5.02 Å². The number of nitrogens with one attached hydrogen (secondary N) is 1. The van der Waals surface area contributed by atoms with Gasteiger partial charge in [-0.3, -0.25) is 4.99 Å². The van der Waals surface area contributed by atoms with Gasteiger partial charge in [0.05, 0.1) is 0 Å². The minimum absolute atomic E-state index is 0. The van der Waals surface area contributed by atoms with Crippen molar-refractivity contribution in [3.63, 3.8) is 0 Å². The van der Waals surface area contributed by atoms with Crippen LogP contribution in [0.25, 0.3) is 0 Å². The lowest BCUT2D eigenvalue weighted by molar-refractivity contribution is 0.0625. The molecule has 2 rings (SSSR count). The quantitative estimate of drug-likeness (QED) is 0.361. The monoisotopic (exact) mass is 479 g/mol. The first-order valence-electron chi connectivity index (χ1n) is 9.01. The smallest absolute Gasteiger partial charge is 0.193 e. The van der Waals surface area contributed by atoms with Crippen molar-refractivity contribution in [2.75, 3.05) is 39.9 Å². The first-order chi connectivity index (χ1) is 11.7. The van der Waals surface area contributed by atoms with E-state index < -0.39 is 0 Å². The summed E-state index contributed by atoms with van der Waals surface area (Å²) in [5.41, 5.74) is 1.16. The molecule has 1 heterocycles. The summed E-state index contributed by atoms with van der Waals surface area (Å²) in [5.74, 6) is 1.77. The predicted molar refractivity (Wildman–Crippen MR) is 117 cm³/mol. The number of nitrogens with zero attached hydrogens (tertiary/aromatic N) is 2. The van der Waals surface area contributed by atoms with Crippen LogP contribution in [0.3, 0.4) is 0 Å². The maximum absolute atomic E-state index is 6.21. The molecular formula is C19H31ClIN3O. The van der Waals surface area contributed by atoms with E-state index >= 15 is 0 Å². The average molecular weight is 480 g/mol. The molecule has 25 heavy (non-hydrogen) atoms. The van der Waals surface area contributed by atoms with Crippen molar-refractivity contribution >= 4 is 41.5 Å². The number of hydrogen-bond donors (Lipinski definition) is 1. The minimum Gasteiger partial charge on any atom is -0.381 e. The van der Waals surface area contributed by atoms with Crippen LogP contribution in [-0.2, 0) is 11.2 Å². The van der Waals surface area contributed by atoms with Gasteiger partial charge in [-0.05, 0) is 50.2 Å². The van der Waals surface area contributed by atoms with Crippen LogP contribution in [-0.4, -0.2) is 50.8 Å². The van der Waals surface area contributed by atoms with Gasteiger partial charge < -0.3 is 15.0 Å². The highest BCUT2D eigenvalue weighted by atomic mass is 127. The van der Waals surface area contributed by atoms with Crippen molar-refractivity contribution in [2.45, 2.75) is 32.6 Å². The predicted octanol–water partition coefficient (Wildman–Crippen LogP) is 4.21. The summed E-state index contributed by atoms with van der Waals surface area (Å²) in [7, 11) is 2.12. The molecule has 4 nitrogen and oxygen atoms in total. The van der Waals surface area contributed by atoms with Crippen molar-refractivity contribution in [2.24, 2.45) is 10.9 Å². The van der Waals surface area contributed by atoms with Gasteiger partial charge in [0.2, 0.25) is 0 Å². The molecule has 0 saturated carbocycles. The summed E-state index contributed by atoms with van der Waals surface area (Å²) in [4.78, 5) is 7.00. The van der Waals surface area contributed by atoms with E-state index in [1.807, 2.05) is 18.2 Å². The van der Waals surface area contributed by atoms with Crippen LogP contribution in [0.15, 0.2) is 29.3 Å². The standard InChI is InChI=1S/C19H30ClN3O.HI/c1-3-21-19(22-12-8-17-6-4-5-7-18(17)20)23(2)13-9-16-10-14-24-15-11-16;/h4-7,16H,3,8-15H2,1-2H3,(H,21,22);1H. The molecule has 0 bridgehead atoms. The lowest BCUT2D eigenvalue weighted by atomic mass is 9.96. The van der Waals surface area contributed by atoms with Gasteiger partial charge >= 0.3 is 0 Å². The number of guanidine groups is 1. The van der Waals surface area contributed by atoms with Crippen LogP contribution < -0.4 is 5.32 Å².